The molecular formula is C33H28ClF4N5O3. The Hall–Kier alpha value is -4.84. The Labute approximate surface area is 267 Å². The zero-order valence-electron chi connectivity index (χ0n) is 25.0. The van der Waals surface area contributed by atoms with E-state index < -0.39 is 23.5 Å². The van der Waals surface area contributed by atoms with Crippen molar-refractivity contribution >= 4 is 34.1 Å². The van der Waals surface area contributed by atoms with Gasteiger partial charge >= 0.3 is 12.3 Å². The van der Waals surface area contributed by atoms with Crippen LogP contribution in [0.3, 0.4) is 0 Å². The average Bonchev–Trinajstić information content (AvgIpc) is 3.21. The summed E-state index contributed by atoms with van der Waals surface area (Å²) in [7, 11) is 4.84. The van der Waals surface area contributed by atoms with E-state index in [0.717, 1.165) is 17.2 Å². The summed E-state index contributed by atoms with van der Waals surface area (Å²) in [5.41, 5.74) is 0.238. The van der Waals surface area contributed by atoms with E-state index in [1.165, 1.54) is 12.1 Å². The molecule has 46 heavy (non-hydrogen) atoms. The van der Waals surface area contributed by atoms with Crippen LogP contribution in [0.1, 0.15) is 16.7 Å². The van der Waals surface area contributed by atoms with Crippen molar-refractivity contribution in [2.24, 2.45) is 0 Å². The maximum atomic E-state index is 14.6. The largest absolute Gasteiger partial charge is 0.497 e. The Morgan fingerprint density at radius 2 is 1.50 bits per heavy atom. The minimum Gasteiger partial charge on any atom is -0.497 e. The number of nitrogens with zero attached hydrogens (tertiary/aromatic N) is 5. The number of hydrogen-bond acceptors (Lipinski definition) is 8. The molecule has 0 saturated carbocycles. The third kappa shape index (κ3) is 6.17. The van der Waals surface area contributed by atoms with Gasteiger partial charge in [0.05, 0.1) is 47.9 Å². The lowest BCUT2D eigenvalue weighted by molar-refractivity contribution is -0.137. The molecule has 13 heteroatoms. The minimum absolute atomic E-state index is 0.0410. The van der Waals surface area contributed by atoms with Crippen molar-refractivity contribution < 1.29 is 31.8 Å². The molecule has 6 rings (SSSR count). The van der Waals surface area contributed by atoms with Crippen molar-refractivity contribution in [1.29, 1.82) is 0 Å². The fraction of sp³-hybridized carbons (Fsp3) is 0.242. The molecular weight excluding hydrogens is 626 g/mol. The topological polar surface area (TPSA) is 72.8 Å². The van der Waals surface area contributed by atoms with E-state index in [4.69, 9.17) is 25.8 Å². The first-order valence-electron chi connectivity index (χ1n) is 14.2. The van der Waals surface area contributed by atoms with Crippen LogP contribution in [0.5, 0.6) is 17.2 Å². The van der Waals surface area contributed by atoms with Gasteiger partial charge in [0.25, 0.3) is 0 Å². The fourth-order valence-corrected chi connectivity index (χ4v) is 5.64. The number of anilines is 2. The number of alkyl halides is 3. The van der Waals surface area contributed by atoms with Crippen LogP contribution in [0.25, 0.3) is 22.2 Å². The van der Waals surface area contributed by atoms with Gasteiger partial charge in [0.1, 0.15) is 29.7 Å². The van der Waals surface area contributed by atoms with Crippen LogP contribution in [0.4, 0.5) is 29.2 Å². The van der Waals surface area contributed by atoms with Gasteiger partial charge < -0.3 is 24.0 Å². The molecule has 0 atom stereocenters. The normalized spacial score (nSPS) is 12.9. The number of aromatic nitrogens is 3. The zero-order valence-corrected chi connectivity index (χ0v) is 25.8. The second-order valence-electron chi connectivity index (χ2n) is 10.7. The molecule has 3 heterocycles. The molecule has 0 N–H and O–H groups in total. The van der Waals surface area contributed by atoms with Crippen LogP contribution in [0.15, 0.2) is 66.7 Å². The summed E-state index contributed by atoms with van der Waals surface area (Å²) in [6, 6.07) is 18.3. The number of pyridine rings is 1. The monoisotopic (exact) mass is 653 g/mol. The van der Waals surface area contributed by atoms with E-state index in [2.05, 4.69) is 15.0 Å². The third-order valence-corrected chi connectivity index (χ3v) is 8.07. The molecule has 1 aliphatic rings. The summed E-state index contributed by atoms with van der Waals surface area (Å²) in [6.07, 6.45) is -5.81. The Balaban J connectivity index is 1.52. The molecule has 0 amide bonds. The lowest BCUT2D eigenvalue weighted by Crippen LogP contribution is -2.24. The second kappa shape index (κ2) is 12.5. The molecule has 0 unspecified atom stereocenters. The molecule has 2 aromatic heterocycles. The smallest absolute Gasteiger partial charge is 0.418 e. The molecule has 3 aromatic carbocycles. The molecule has 8 nitrogen and oxygen atoms in total. The lowest BCUT2D eigenvalue weighted by Gasteiger charge is -2.26. The van der Waals surface area contributed by atoms with E-state index in [9.17, 15) is 17.6 Å². The van der Waals surface area contributed by atoms with E-state index in [0.29, 0.717) is 36.5 Å². The number of halogens is 5. The van der Waals surface area contributed by atoms with E-state index >= 15 is 0 Å². The van der Waals surface area contributed by atoms with Gasteiger partial charge in [0, 0.05) is 25.7 Å². The van der Waals surface area contributed by atoms with E-state index in [-0.39, 0.29) is 40.1 Å². The van der Waals surface area contributed by atoms with Crippen LogP contribution in [0.2, 0.25) is 5.02 Å². The van der Waals surface area contributed by atoms with Crippen molar-refractivity contribution in [3.63, 3.8) is 0 Å². The fourth-order valence-electron chi connectivity index (χ4n) is 5.35. The Morgan fingerprint density at radius 1 is 0.891 bits per heavy atom. The van der Waals surface area contributed by atoms with Gasteiger partial charge in [0.15, 0.2) is 5.75 Å². The van der Waals surface area contributed by atoms with Crippen molar-refractivity contribution in [2.45, 2.75) is 19.3 Å². The molecule has 0 radical (unpaired) electrons. The van der Waals surface area contributed by atoms with Crippen molar-refractivity contribution in [3.05, 3.63) is 94.5 Å². The Kier molecular flexibility index (Phi) is 8.47. The summed E-state index contributed by atoms with van der Waals surface area (Å²) in [6.45, 7) is 1.10. The predicted octanol–water partition coefficient (Wildman–Crippen LogP) is 7.56. The Morgan fingerprint density at radius 3 is 2.07 bits per heavy atom. The van der Waals surface area contributed by atoms with Crippen LogP contribution in [0, 0.1) is 6.08 Å². The zero-order chi connectivity index (χ0) is 32.6. The highest BCUT2D eigenvalue weighted by molar-refractivity contribution is 6.36. The van der Waals surface area contributed by atoms with E-state index in [1.807, 2.05) is 53.4 Å². The molecule has 1 aliphatic heterocycles. The van der Waals surface area contributed by atoms with Crippen LogP contribution in [-0.4, -0.2) is 49.4 Å². The highest BCUT2D eigenvalue weighted by Crippen LogP contribution is 2.47. The third-order valence-electron chi connectivity index (χ3n) is 7.70. The minimum atomic E-state index is -4.78. The quantitative estimate of drug-likeness (QED) is 0.126. The number of ether oxygens (including phenoxy) is 3. The molecule has 0 fully saturated rings. The van der Waals surface area contributed by atoms with Crippen LogP contribution >= 0.6 is 11.6 Å². The van der Waals surface area contributed by atoms with Crippen LogP contribution in [-0.2, 0) is 19.3 Å². The average molecular weight is 654 g/mol. The van der Waals surface area contributed by atoms with Gasteiger partial charge in [-0.2, -0.15) is 22.5 Å². The highest BCUT2D eigenvalue weighted by Gasteiger charge is 2.37. The predicted molar refractivity (Wildman–Crippen MR) is 167 cm³/mol. The van der Waals surface area contributed by atoms with Gasteiger partial charge in [-0.1, -0.05) is 35.9 Å². The first kappa shape index (κ1) is 31.2. The first-order chi connectivity index (χ1) is 22.0. The number of rotatable bonds is 8. The Bertz CT molecular complexity index is 1840. The van der Waals surface area contributed by atoms with Crippen LogP contribution < -0.4 is 24.0 Å². The molecule has 5 aromatic rings. The lowest BCUT2D eigenvalue weighted by atomic mass is 10.0. The van der Waals surface area contributed by atoms with Gasteiger partial charge in [-0.25, -0.2) is 9.97 Å². The van der Waals surface area contributed by atoms with E-state index in [1.54, 1.807) is 26.2 Å². The summed E-state index contributed by atoms with van der Waals surface area (Å²) < 4.78 is 74.7. The molecule has 0 aliphatic carbocycles. The van der Waals surface area contributed by atoms with Gasteiger partial charge in [-0.05, 0) is 53.6 Å². The SMILES string of the molecule is COc1ccc(CN(Cc2ccc(OC)cc2)c2ccc(C(F)(F)F)c(-c3cc4nc(F)nc5c4c(c3Cl)OCCN5C)n2)cc1. The van der Waals surface area contributed by atoms with Gasteiger partial charge in [-0.15, -0.1) is 0 Å². The van der Waals surface area contributed by atoms with Crippen molar-refractivity contribution in [1.82, 2.24) is 15.0 Å². The molecule has 238 valence electrons. The van der Waals surface area contributed by atoms with Crippen molar-refractivity contribution in [2.75, 3.05) is 44.2 Å². The molecule has 0 spiro atoms. The summed E-state index contributed by atoms with van der Waals surface area (Å²) in [4.78, 5) is 15.9. The number of hydrogen-bond donors (Lipinski definition) is 0. The standard InChI is InChI=1S/C33H28ClF4N5O3/c1-42-14-15-46-30-27-25(39-32(35)41-31(27)42)16-23(28(30)34)29-24(33(36,37)38)12-13-26(40-29)43(17-19-4-8-21(44-2)9-5-19)18-20-6-10-22(45-3)11-7-20/h4-13,16H,14-15,17-18H2,1-3H3. The summed E-state index contributed by atoms with van der Waals surface area (Å²) in [5, 5.41) is 0.201. The summed E-state index contributed by atoms with van der Waals surface area (Å²) in [5.74, 6) is 1.89. The first-order valence-corrected chi connectivity index (χ1v) is 14.6. The van der Waals surface area contributed by atoms with Crippen molar-refractivity contribution in [3.8, 4) is 28.5 Å². The number of benzene rings is 3. The van der Waals surface area contributed by atoms with Gasteiger partial charge in [-0.3, -0.25) is 0 Å². The maximum Gasteiger partial charge on any atom is 0.418 e. The number of likely N-dealkylation sites (N-methyl/N-ethyl adjacent to an activating group) is 1. The summed E-state index contributed by atoms with van der Waals surface area (Å²) >= 11 is 6.82. The van der Waals surface area contributed by atoms with Gasteiger partial charge in [0.2, 0.25) is 0 Å². The number of methoxy groups -OCH3 is 2. The molecule has 0 bridgehead atoms. The maximum absolute atomic E-state index is 14.6. The second-order valence-corrected chi connectivity index (χ2v) is 11.0. The molecule has 0 saturated heterocycles. The highest BCUT2D eigenvalue weighted by atomic mass is 35.5.